The summed E-state index contributed by atoms with van der Waals surface area (Å²) in [5, 5.41) is 3.88. The highest BCUT2D eigenvalue weighted by atomic mass is 35.5. The van der Waals surface area contributed by atoms with Gasteiger partial charge in [-0.3, -0.25) is 15.6 Å². The summed E-state index contributed by atoms with van der Waals surface area (Å²) in [5.74, 6) is 0.677. The average molecular weight is 366 g/mol. The van der Waals surface area contributed by atoms with Crippen LogP contribution in [-0.4, -0.2) is 17.3 Å². The summed E-state index contributed by atoms with van der Waals surface area (Å²) in [6.07, 6.45) is 2.04. The van der Waals surface area contributed by atoms with E-state index in [1.165, 1.54) is 5.56 Å². The van der Waals surface area contributed by atoms with Crippen LogP contribution in [0.15, 0.2) is 48.5 Å². The molecule has 120 valence electrons. The maximum absolute atomic E-state index is 12.0. The molecule has 0 spiro atoms. The van der Waals surface area contributed by atoms with E-state index in [0.717, 1.165) is 11.4 Å². The van der Waals surface area contributed by atoms with E-state index in [4.69, 9.17) is 23.8 Å². The van der Waals surface area contributed by atoms with Gasteiger partial charge in [0.2, 0.25) is 0 Å². The minimum Gasteiger partial charge on any atom is -0.331 e. The zero-order valence-corrected chi connectivity index (χ0v) is 14.8. The predicted molar refractivity (Wildman–Crippen MR) is 102 cm³/mol. The summed E-state index contributed by atoms with van der Waals surface area (Å²) in [4.78, 5) is 12.0. The molecule has 0 saturated heterocycles. The van der Waals surface area contributed by atoms with E-state index < -0.39 is 0 Å². The van der Waals surface area contributed by atoms with Gasteiger partial charge in [-0.1, -0.05) is 23.7 Å². The van der Waals surface area contributed by atoms with Crippen LogP contribution < -0.4 is 16.2 Å². The van der Waals surface area contributed by atoms with Gasteiger partial charge in [0.05, 0.1) is 0 Å². The number of rotatable bonds is 4. The summed E-state index contributed by atoms with van der Waals surface area (Å²) in [6.45, 7) is 0. The van der Waals surface area contributed by atoms with E-state index in [9.17, 15) is 4.79 Å². The van der Waals surface area contributed by atoms with Gasteiger partial charge in [0.15, 0.2) is 5.11 Å². The Hall–Kier alpha value is -1.76. The van der Waals surface area contributed by atoms with Gasteiger partial charge in [-0.15, -0.1) is 0 Å². The van der Waals surface area contributed by atoms with Crippen molar-refractivity contribution in [3.05, 3.63) is 64.7 Å². The number of anilines is 1. The fraction of sp³-hybridized carbons (Fsp3) is 0.125. The van der Waals surface area contributed by atoms with Crippen molar-refractivity contribution in [2.45, 2.75) is 5.75 Å². The number of nitrogens with one attached hydrogen (secondary N) is 3. The van der Waals surface area contributed by atoms with Gasteiger partial charge in [0.1, 0.15) is 0 Å². The Morgan fingerprint density at radius 3 is 2.35 bits per heavy atom. The van der Waals surface area contributed by atoms with Crippen LogP contribution in [0.1, 0.15) is 15.9 Å². The number of hydrogen-bond acceptors (Lipinski definition) is 3. The van der Waals surface area contributed by atoms with Crippen molar-refractivity contribution < 1.29 is 4.79 Å². The molecule has 0 aromatic heterocycles. The van der Waals surface area contributed by atoms with Crippen LogP contribution in [0.4, 0.5) is 5.69 Å². The van der Waals surface area contributed by atoms with Gasteiger partial charge in [-0.05, 0) is 60.4 Å². The van der Waals surface area contributed by atoms with Crippen LogP contribution in [0.25, 0.3) is 0 Å². The molecule has 4 nitrogen and oxygen atoms in total. The first-order valence-corrected chi connectivity index (χ1v) is 8.97. The van der Waals surface area contributed by atoms with Crippen molar-refractivity contribution in [2.24, 2.45) is 0 Å². The van der Waals surface area contributed by atoms with Crippen molar-refractivity contribution in [3.8, 4) is 0 Å². The molecular weight excluding hydrogens is 350 g/mol. The van der Waals surface area contributed by atoms with Crippen molar-refractivity contribution >= 4 is 52.3 Å². The average Bonchev–Trinajstić information content (AvgIpc) is 2.56. The first-order valence-electron chi connectivity index (χ1n) is 6.79. The van der Waals surface area contributed by atoms with E-state index in [1.807, 2.05) is 18.4 Å². The highest BCUT2D eigenvalue weighted by Crippen LogP contribution is 2.13. The number of thiocarbonyl (C=S) groups is 1. The molecule has 0 aliphatic heterocycles. The van der Waals surface area contributed by atoms with Crippen LogP contribution in [0.2, 0.25) is 5.02 Å². The third-order valence-corrected chi connectivity index (χ3v) is 4.00. The second kappa shape index (κ2) is 8.76. The van der Waals surface area contributed by atoms with Crippen LogP contribution in [-0.2, 0) is 5.75 Å². The van der Waals surface area contributed by atoms with Gasteiger partial charge < -0.3 is 5.32 Å². The smallest absolute Gasteiger partial charge is 0.269 e. The van der Waals surface area contributed by atoms with Gasteiger partial charge in [0, 0.05) is 22.0 Å². The number of carbonyl (C=O) groups is 1. The second-order valence-electron chi connectivity index (χ2n) is 4.67. The maximum atomic E-state index is 12.0. The molecule has 2 aromatic rings. The minimum absolute atomic E-state index is 0.249. The van der Waals surface area contributed by atoms with E-state index >= 15 is 0 Å². The molecule has 0 radical (unpaired) electrons. The van der Waals surface area contributed by atoms with Gasteiger partial charge in [-0.2, -0.15) is 11.8 Å². The Kier molecular flexibility index (Phi) is 6.70. The number of benzene rings is 2. The molecule has 0 aliphatic rings. The molecule has 0 heterocycles. The Labute approximate surface area is 150 Å². The summed E-state index contributed by atoms with van der Waals surface area (Å²) in [5.41, 5.74) is 7.75. The second-order valence-corrected chi connectivity index (χ2v) is 6.38. The standard InChI is InChI=1S/C16H16ClN3OS2/c1-23-10-11-2-4-12(5-3-11)15(21)19-20-16(22)18-14-8-6-13(17)7-9-14/h2-9H,10H2,1H3,(H,19,21)(H2,18,20,22). The lowest BCUT2D eigenvalue weighted by Crippen LogP contribution is -2.43. The molecule has 0 fully saturated rings. The van der Waals surface area contributed by atoms with Crippen LogP contribution in [0.3, 0.4) is 0 Å². The molecule has 2 aromatic carbocycles. The third kappa shape index (κ3) is 5.74. The molecule has 2 rings (SSSR count). The molecule has 7 heteroatoms. The van der Waals surface area contributed by atoms with Crippen LogP contribution >= 0.6 is 35.6 Å². The van der Waals surface area contributed by atoms with E-state index in [-0.39, 0.29) is 5.91 Å². The summed E-state index contributed by atoms with van der Waals surface area (Å²) < 4.78 is 0. The molecule has 0 saturated carbocycles. The van der Waals surface area contributed by atoms with E-state index in [1.54, 1.807) is 48.2 Å². The lowest BCUT2D eigenvalue weighted by molar-refractivity contribution is 0.0944. The number of hydrazine groups is 1. The Balaban J connectivity index is 1.83. The molecule has 0 bridgehead atoms. The molecule has 0 unspecified atom stereocenters. The Morgan fingerprint density at radius 1 is 1.09 bits per heavy atom. The lowest BCUT2D eigenvalue weighted by Gasteiger charge is -2.12. The zero-order valence-electron chi connectivity index (χ0n) is 12.4. The van der Waals surface area contributed by atoms with Crippen LogP contribution in [0, 0.1) is 0 Å². The van der Waals surface area contributed by atoms with Crippen LogP contribution in [0.5, 0.6) is 0 Å². The molecular formula is C16H16ClN3OS2. The van der Waals surface area contributed by atoms with Gasteiger partial charge in [-0.25, -0.2) is 0 Å². The minimum atomic E-state index is -0.249. The number of thioether (sulfide) groups is 1. The van der Waals surface area contributed by atoms with Gasteiger partial charge >= 0.3 is 0 Å². The molecule has 0 aliphatic carbocycles. The topological polar surface area (TPSA) is 53.2 Å². The lowest BCUT2D eigenvalue weighted by atomic mass is 10.1. The van der Waals surface area contributed by atoms with Crippen molar-refractivity contribution in [2.75, 3.05) is 11.6 Å². The number of halogens is 1. The molecule has 3 N–H and O–H groups in total. The van der Waals surface area contributed by atoms with Crippen molar-refractivity contribution in [1.82, 2.24) is 10.9 Å². The largest absolute Gasteiger partial charge is 0.331 e. The highest BCUT2D eigenvalue weighted by molar-refractivity contribution is 7.97. The summed E-state index contributed by atoms with van der Waals surface area (Å²) >= 11 is 12.7. The maximum Gasteiger partial charge on any atom is 0.269 e. The number of hydrogen-bond donors (Lipinski definition) is 3. The van der Waals surface area contributed by atoms with Gasteiger partial charge in [0.25, 0.3) is 5.91 Å². The molecule has 0 atom stereocenters. The molecule has 1 amide bonds. The first kappa shape index (κ1) is 17.6. The SMILES string of the molecule is CSCc1ccc(C(=O)NNC(=S)Nc2ccc(Cl)cc2)cc1. The normalized spacial score (nSPS) is 10.0. The Morgan fingerprint density at radius 2 is 1.74 bits per heavy atom. The van der Waals surface area contributed by atoms with Crippen molar-refractivity contribution in [3.63, 3.8) is 0 Å². The summed E-state index contributed by atoms with van der Waals surface area (Å²) in [6, 6.07) is 14.6. The predicted octanol–water partition coefficient (Wildman–Crippen LogP) is 3.83. The Bertz CT molecular complexity index is 675. The third-order valence-electron chi connectivity index (χ3n) is 2.92. The fourth-order valence-electron chi connectivity index (χ4n) is 1.80. The highest BCUT2D eigenvalue weighted by Gasteiger charge is 2.06. The fourth-order valence-corrected chi connectivity index (χ4v) is 2.62. The zero-order chi connectivity index (χ0) is 16.7. The quantitative estimate of drug-likeness (QED) is 0.568. The van der Waals surface area contributed by atoms with Crippen molar-refractivity contribution in [1.29, 1.82) is 0 Å². The monoisotopic (exact) mass is 365 g/mol. The number of amides is 1. The number of carbonyl (C=O) groups excluding carboxylic acids is 1. The molecule has 23 heavy (non-hydrogen) atoms. The van der Waals surface area contributed by atoms with E-state index in [2.05, 4.69) is 16.2 Å². The first-order chi connectivity index (χ1) is 11.1. The van der Waals surface area contributed by atoms with E-state index in [0.29, 0.717) is 15.7 Å². The summed E-state index contributed by atoms with van der Waals surface area (Å²) in [7, 11) is 0.